The average Bonchev–Trinajstić information content (AvgIpc) is 3.86. The molecule has 2 aromatic heterocycles. The van der Waals surface area contributed by atoms with Crippen LogP contribution in [0.1, 0.15) is 0 Å². The molecule has 0 saturated carbocycles. The number of hydrogen-bond donors (Lipinski definition) is 0. The summed E-state index contributed by atoms with van der Waals surface area (Å²) in [5.74, 6) is 0. The second-order valence-corrected chi connectivity index (χ2v) is 16.6. The molecule has 2 heteroatoms. The van der Waals surface area contributed by atoms with E-state index in [0.717, 1.165) is 27.3 Å². The van der Waals surface area contributed by atoms with Gasteiger partial charge in [0.2, 0.25) is 0 Å². The first-order valence-corrected chi connectivity index (χ1v) is 20.7. The zero-order valence-electron chi connectivity index (χ0n) is 31.3. The number of benzene rings is 11. The molecule has 13 aromatic rings. The van der Waals surface area contributed by atoms with Gasteiger partial charge in [-0.25, -0.2) is 0 Å². The van der Waals surface area contributed by atoms with Crippen LogP contribution in [-0.4, -0.2) is 0 Å². The zero-order chi connectivity index (χ0) is 37.9. The Balaban J connectivity index is 0.987. The maximum Gasteiger partial charge on any atom is 0.144 e. The van der Waals surface area contributed by atoms with Gasteiger partial charge in [-0.3, -0.25) is 0 Å². The van der Waals surface area contributed by atoms with Gasteiger partial charge in [0.15, 0.2) is 0 Å². The molecular weight excluding hydrogens is 721 g/mol. The van der Waals surface area contributed by atoms with Crippen molar-refractivity contribution in [3.63, 3.8) is 0 Å². The normalized spacial score (nSPS) is 12.1. The molecule has 11 aromatic carbocycles. The number of rotatable bonds is 3. The summed E-state index contributed by atoms with van der Waals surface area (Å²) in [6, 6.07) is 71.6. The van der Waals surface area contributed by atoms with Gasteiger partial charge >= 0.3 is 0 Å². The van der Waals surface area contributed by atoms with E-state index in [-0.39, 0.29) is 0 Å². The lowest BCUT2D eigenvalue weighted by Gasteiger charge is -2.18. The molecule has 2 heterocycles. The van der Waals surface area contributed by atoms with Gasteiger partial charge in [-0.15, -0.1) is 11.3 Å². The van der Waals surface area contributed by atoms with Crippen LogP contribution in [0.15, 0.2) is 199 Å². The number of hydrogen-bond acceptors (Lipinski definition) is 2. The molecule has 0 spiro atoms. The topological polar surface area (TPSA) is 13.1 Å². The van der Waals surface area contributed by atoms with Crippen molar-refractivity contribution in [3.05, 3.63) is 194 Å². The van der Waals surface area contributed by atoms with E-state index in [2.05, 4.69) is 194 Å². The van der Waals surface area contributed by atoms with Gasteiger partial charge in [-0.2, -0.15) is 0 Å². The maximum atomic E-state index is 6.88. The first kappa shape index (κ1) is 31.9. The van der Waals surface area contributed by atoms with Crippen LogP contribution in [-0.2, 0) is 0 Å². The van der Waals surface area contributed by atoms with Crippen LogP contribution in [0.3, 0.4) is 0 Å². The zero-order valence-corrected chi connectivity index (χ0v) is 32.1. The molecule has 58 heavy (non-hydrogen) atoms. The predicted molar refractivity (Wildman–Crippen MR) is 250 cm³/mol. The summed E-state index contributed by atoms with van der Waals surface area (Å²) in [7, 11) is 0. The van der Waals surface area contributed by atoms with Crippen LogP contribution in [0.25, 0.3) is 129 Å². The summed E-state index contributed by atoms with van der Waals surface area (Å²) in [5.41, 5.74) is 9.37. The van der Waals surface area contributed by atoms with Crippen LogP contribution in [0.4, 0.5) is 0 Å². The fourth-order valence-corrected chi connectivity index (χ4v) is 10.9. The van der Waals surface area contributed by atoms with E-state index >= 15 is 0 Å². The number of furan rings is 1. The SMILES string of the molecule is c1ccc2cc(-c3c4ccccc4c(-c4ccc5cc(-c6cc7c8ccc9sc%10ccccc%10c9c8oc7c7ccccc67)ccc5c4)c4ccccc34)ccc2c1. The number of fused-ring (bicyclic) bond motifs is 13. The second-order valence-electron chi connectivity index (χ2n) is 15.5. The van der Waals surface area contributed by atoms with Crippen LogP contribution in [0, 0.1) is 0 Å². The first-order valence-electron chi connectivity index (χ1n) is 19.9. The van der Waals surface area contributed by atoms with Crippen molar-refractivity contribution in [1.29, 1.82) is 0 Å². The molecule has 0 amide bonds. The Hall–Kier alpha value is -7.26. The summed E-state index contributed by atoms with van der Waals surface area (Å²) in [6.07, 6.45) is 0. The molecule has 0 aliphatic heterocycles. The molecule has 0 fully saturated rings. The Morgan fingerprint density at radius 1 is 0.293 bits per heavy atom. The standard InChI is InChI=1S/C56H32OS/c1-2-12-34-30-38(25-21-33(34)11-1)52-41-14-4-6-16-43(41)53(44-17-7-5-15-42(44)52)39-26-23-35-29-37(24-22-36(35)31-39)48-32-49-46-27-28-51-54(47-19-9-10-20-50(47)58-51)56(46)57-55(49)45-18-8-3-13-40(45)48/h1-32H. The van der Waals surface area contributed by atoms with Crippen LogP contribution in [0.5, 0.6) is 0 Å². The molecule has 0 radical (unpaired) electrons. The Kier molecular flexibility index (Phi) is 6.66. The van der Waals surface area contributed by atoms with Crippen LogP contribution >= 0.6 is 11.3 Å². The van der Waals surface area contributed by atoms with E-state index in [1.807, 2.05) is 11.3 Å². The smallest absolute Gasteiger partial charge is 0.144 e. The van der Waals surface area contributed by atoms with E-state index < -0.39 is 0 Å². The Morgan fingerprint density at radius 3 is 1.45 bits per heavy atom. The molecule has 0 aliphatic carbocycles. The monoisotopic (exact) mass is 752 g/mol. The summed E-state index contributed by atoms with van der Waals surface area (Å²) in [4.78, 5) is 0. The fraction of sp³-hybridized carbons (Fsp3) is 0. The number of thiophene rings is 1. The highest BCUT2D eigenvalue weighted by Gasteiger charge is 2.20. The Bertz CT molecular complexity index is 3810. The van der Waals surface area contributed by atoms with Gasteiger partial charge in [0.05, 0.1) is 0 Å². The van der Waals surface area contributed by atoms with Crippen molar-refractivity contribution in [2.24, 2.45) is 0 Å². The van der Waals surface area contributed by atoms with E-state index in [1.54, 1.807) is 0 Å². The highest BCUT2D eigenvalue weighted by atomic mass is 32.1. The molecule has 0 atom stereocenters. The molecule has 13 rings (SSSR count). The summed E-state index contributed by atoms with van der Waals surface area (Å²) in [5, 5.41) is 17.1. The van der Waals surface area contributed by atoms with E-state index in [9.17, 15) is 0 Å². The highest BCUT2D eigenvalue weighted by Crippen LogP contribution is 2.47. The summed E-state index contributed by atoms with van der Waals surface area (Å²) in [6.45, 7) is 0. The van der Waals surface area contributed by atoms with Crippen molar-refractivity contribution >= 4 is 107 Å². The third-order valence-electron chi connectivity index (χ3n) is 12.4. The van der Waals surface area contributed by atoms with Gasteiger partial charge in [0.25, 0.3) is 0 Å². The third-order valence-corrected chi connectivity index (χ3v) is 13.5. The minimum atomic E-state index is 0.952. The van der Waals surface area contributed by atoms with Gasteiger partial charge < -0.3 is 4.42 Å². The van der Waals surface area contributed by atoms with Gasteiger partial charge in [0, 0.05) is 36.3 Å². The van der Waals surface area contributed by atoms with Crippen molar-refractivity contribution in [3.8, 4) is 33.4 Å². The van der Waals surface area contributed by atoms with E-state index in [4.69, 9.17) is 4.42 Å². The largest absolute Gasteiger partial charge is 0.455 e. The molecule has 0 unspecified atom stereocenters. The second kappa shape index (κ2) is 12.1. The van der Waals surface area contributed by atoms with Crippen molar-refractivity contribution in [2.45, 2.75) is 0 Å². The Labute approximate surface area is 337 Å². The Morgan fingerprint density at radius 2 is 0.776 bits per heavy atom. The van der Waals surface area contributed by atoms with Crippen LogP contribution < -0.4 is 0 Å². The quantitative estimate of drug-likeness (QED) is 0.164. The van der Waals surface area contributed by atoms with Crippen molar-refractivity contribution < 1.29 is 4.42 Å². The lowest BCUT2D eigenvalue weighted by Crippen LogP contribution is -1.91. The molecule has 0 aliphatic rings. The van der Waals surface area contributed by atoms with Crippen molar-refractivity contribution in [1.82, 2.24) is 0 Å². The minimum absolute atomic E-state index is 0.952. The predicted octanol–water partition coefficient (Wildman–Crippen LogP) is 16.7. The minimum Gasteiger partial charge on any atom is -0.455 e. The van der Waals surface area contributed by atoms with Gasteiger partial charge in [-0.05, 0) is 124 Å². The molecule has 0 N–H and O–H groups in total. The van der Waals surface area contributed by atoms with E-state index in [1.165, 1.54) is 102 Å². The summed E-state index contributed by atoms with van der Waals surface area (Å²) >= 11 is 1.83. The van der Waals surface area contributed by atoms with Crippen molar-refractivity contribution in [2.75, 3.05) is 0 Å². The van der Waals surface area contributed by atoms with Gasteiger partial charge in [0.1, 0.15) is 11.2 Å². The summed E-state index contributed by atoms with van der Waals surface area (Å²) < 4.78 is 9.42. The molecule has 1 nitrogen and oxygen atoms in total. The third kappa shape index (κ3) is 4.58. The molecule has 0 saturated heterocycles. The lowest BCUT2D eigenvalue weighted by molar-refractivity contribution is 0.677. The fourth-order valence-electron chi connectivity index (χ4n) is 9.77. The van der Waals surface area contributed by atoms with Gasteiger partial charge in [-0.1, -0.05) is 152 Å². The molecule has 268 valence electrons. The lowest BCUT2D eigenvalue weighted by atomic mass is 9.85. The van der Waals surface area contributed by atoms with E-state index in [0.29, 0.717) is 0 Å². The average molecular weight is 753 g/mol. The highest BCUT2D eigenvalue weighted by molar-refractivity contribution is 7.26. The maximum absolute atomic E-state index is 6.88. The first-order chi connectivity index (χ1) is 28.7. The molecular formula is C56H32OS. The molecule has 0 bridgehead atoms. The van der Waals surface area contributed by atoms with Crippen LogP contribution in [0.2, 0.25) is 0 Å².